The van der Waals surface area contributed by atoms with Crippen molar-refractivity contribution in [1.82, 2.24) is 4.98 Å². The summed E-state index contributed by atoms with van der Waals surface area (Å²) in [6, 6.07) is 4.81. The fourth-order valence-corrected chi connectivity index (χ4v) is 2.05. The lowest BCUT2D eigenvalue weighted by Crippen LogP contribution is -2.38. The summed E-state index contributed by atoms with van der Waals surface area (Å²) in [5, 5.41) is 3.51. The third-order valence-electron chi connectivity index (χ3n) is 3.19. The van der Waals surface area contributed by atoms with Crippen molar-refractivity contribution in [2.24, 2.45) is 5.92 Å². The lowest BCUT2D eigenvalue weighted by Gasteiger charge is -2.36. The smallest absolute Gasteiger partial charge is 0.126 e. The third-order valence-corrected chi connectivity index (χ3v) is 3.19. The van der Waals surface area contributed by atoms with Gasteiger partial charge in [0.05, 0.1) is 0 Å². The van der Waals surface area contributed by atoms with Gasteiger partial charge < -0.3 is 5.32 Å². The van der Waals surface area contributed by atoms with Crippen LogP contribution in [0.3, 0.4) is 0 Å². The van der Waals surface area contributed by atoms with Gasteiger partial charge in [0.2, 0.25) is 0 Å². The molecule has 0 aromatic carbocycles. The maximum atomic E-state index is 4.32. The Morgan fingerprint density at radius 1 is 1.50 bits per heavy atom. The van der Waals surface area contributed by atoms with Crippen molar-refractivity contribution < 1.29 is 0 Å². The van der Waals surface area contributed by atoms with Gasteiger partial charge in [-0.3, -0.25) is 0 Å². The number of nitrogens with one attached hydrogen (secondary N) is 1. The van der Waals surface area contributed by atoms with Gasteiger partial charge in [0.1, 0.15) is 5.82 Å². The molecule has 14 heavy (non-hydrogen) atoms. The Morgan fingerprint density at radius 2 is 2.36 bits per heavy atom. The highest BCUT2D eigenvalue weighted by atomic mass is 15.0. The molecule has 76 valence electrons. The summed E-state index contributed by atoms with van der Waals surface area (Å²) >= 11 is 0. The van der Waals surface area contributed by atoms with E-state index in [0.717, 1.165) is 11.7 Å². The number of anilines is 1. The number of rotatable bonds is 3. The zero-order chi connectivity index (χ0) is 9.97. The van der Waals surface area contributed by atoms with E-state index in [4.69, 9.17) is 0 Å². The minimum absolute atomic E-state index is 0.661. The molecule has 1 fully saturated rings. The maximum Gasteiger partial charge on any atom is 0.126 e. The molecule has 1 heterocycles. The molecule has 0 saturated heterocycles. The Bertz CT molecular complexity index is 307. The molecule has 0 radical (unpaired) electrons. The van der Waals surface area contributed by atoms with Crippen LogP contribution in [-0.2, 0) is 0 Å². The highest BCUT2D eigenvalue weighted by Gasteiger charge is 2.28. The zero-order valence-electron chi connectivity index (χ0n) is 8.96. The SMILES string of the molecule is CCC1CCC1Nc1cc(C)ccn1. The summed E-state index contributed by atoms with van der Waals surface area (Å²) in [4.78, 5) is 4.32. The minimum atomic E-state index is 0.661. The van der Waals surface area contributed by atoms with Crippen molar-refractivity contribution in [3.05, 3.63) is 23.9 Å². The molecule has 1 aromatic heterocycles. The fraction of sp³-hybridized carbons (Fsp3) is 0.583. The predicted molar refractivity (Wildman–Crippen MR) is 59.4 cm³/mol. The predicted octanol–water partition coefficient (Wildman–Crippen LogP) is 2.99. The summed E-state index contributed by atoms with van der Waals surface area (Å²) in [7, 11) is 0. The average Bonchev–Trinajstić information content (AvgIpc) is 2.14. The van der Waals surface area contributed by atoms with Crippen LogP contribution >= 0.6 is 0 Å². The van der Waals surface area contributed by atoms with E-state index in [-0.39, 0.29) is 0 Å². The standard InChI is InChI=1S/C12H18N2/c1-3-10-4-5-11(10)14-12-8-9(2)6-7-13-12/h6-8,10-11H,3-5H2,1-2H3,(H,13,14). The van der Waals surface area contributed by atoms with Crippen LogP contribution in [0.1, 0.15) is 31.7 Å². The lowest BCUT2D eigenvalue weighted by molar-refractivity contribution is 0.268. The summed E-state index contributed by atoms with van der Waals surface area (Å²) < 4.78 is 0. The molecular formula is C12H18N2. The van der Waals surface area contributed by atoms with Crippen molar-refractivity contribution in [2.75, 3.05) is 5.32 Å². The molecule has 2 nitrogen and oxygen atoms in total. The first-order valence-electron chi connectivity index (χ1n) is 5.49. The molecule has 1 aromatic rings. The normalized spacial score (nSPS) is 25.6. The molecule has 0 aliphatic heterocycles. The van der Waals surface area contributed by atoms with Crippen LogP contribution in [0.2, 0.25) is 0 Å². The van der Waals surface area contributed by atoms with E-state index in [1.54, 1.807) is 0 Å². The quantitative estimate of drug-likeness (QED) is 0.792. The monoisotopic (exact) mass is 190 g/mol. The van der Waals surface area contributed by atoms with Crippen LogP contribution in [0.15, 0.2) is 18.3 Å². The van der Waals surface area contributed by atoms with Gasteiger partial charge in [0.25, 0.3) is 0 Å². The number of hydrogen-bond donors (Lipinski definition) is 1. The summed E-state index contributed by atoms with van der Waals surface area (Å²) in [5.74, 6) is 1.89. The van der Waals surface area contributed by atoms with Gasteiger partial charge in [0, 0.05) is 12.2 Å². The van der Waals surface area contributed by atoms with Crippen LogP contribution in [-0.4, -0.2) is 11.0 Å². The van der Waals surface area contributed by atoms with Crippen molar-refractivity contribution >= 4 is 5.82 Å². The van der Waals surface area contributed by atoms with Gasteiger partial charge in [-0.25, -0.2) is 4.98 Å². The van der Waals surface area contributed by atoms with Gasteiger partial charge in [-0.1, -0.05) is 13.3 Å². The van der Waals surface area contributed by atoms with Gasteiger partial charge in [-0.05, 0) is 43.4 Å². The average molecular weight is 190 g/mol. The number of nitrogens with zero attached hydrogens (tertiary/aromatic N) is 1. The largest absolute Gasteiger partial charge is 0.367 e. The third kappa shape index (κ3) is 1.89. The second-order valence-electron chi connectivity index (χ2n) is 4.21. The number of hydrogen-bond acceptors (Lipinski definition) is 2. The Labute approximate surface area is 85.7 Å². The first-order valence-corrected chi connectivity index (χ1v) is 5.49. The van der Waals surface area contributed by atoms with Gasteiger partial charge in [-0.2, -0.15) is 0 Å². The molecule has 2 atom stereocenters. The van der Waals surface area contributed by atoms with E-state index in [9.17, 15) is 0 Å². The number of aromatic nitrogens is 1. The molecule has 2 rings (SSSR count). The molecular weight excluding hydrogens is 172 g/mol. The second-order valence-corrected chi connectivity index (χ2v) is 4.21. The van der Waals surface area contributed by atoms with Crippen molar-refractivity contribution in [2.45, 2.75) is 39.2 Å². The molecule has 2 unspecified atom stereocenters. The Balaban J connectivity index is 1.97. The lowest BCUT2D eigenvalue weighted by atomic mass is 9.78. The zero-order valence-corrected chi connectivity index (χ0v) is 8.96. The maximum absolute atomic E-state index is 4.32. The molecule has 1 N–H and O–H groups in total. The first-order chi connectivity index (χ1) is 6.79. The Hall–Kier alpha value is -1.05. The van der Waals surface area contributed by atoms with Crippen LogP contribution in [0.5, 0.6) is 0 Å². The van der Waals surface area contributed by atoms with Gasteiger partial charge >= 0.3 is 0 Å². The summed E-state index contributed by atoms with van der Waals surface area (Å²) in [6.45, 7) is 4.37. The summed E-state index contributed by atoms with van der Waals surface area (Å²) in [6.07, 6.45) is 5.83. The van der Waals surface area contributed by atoms with Gasteiger partial charge in [0.15, 0.2) is 0 Å². The van der Waals surface area contributed by atoms with E-state index in [2.05, 4.69) is 30.2 Å². The van der Waals surface area contributed by atoms with Crippen LogP contribution in [0, 0.1) is 12.8 Å². The molecule has 1 saturated carbocycles. The van der Waals surface area contributed by atoms with Crippen molar-refractivity contribution in [3.8, 4) is 0 Å². The molecule has 2 heteroatoms. The van der Waals surface area contributed by atoms with Crippen LogP contribution in [0.25, 0.3) is 0 Å². The van der Waals surface area contributed by atoms with E-state index in [1.165, 1.54) is 24.8 Å². The number of aryl methyl sites for hydroxylation is 1. The highest BCUT2D eigenvalue weighted by molar-refractivity contribution is 5.38. The van der Waals surface area contributed by atoms with Crippen LogP contribution < -0.4 is 5.32 Å². The van der Waals surface area contributed by atoms with Crippen LogP contribution in [0.4, 0.5) is 5.82 Å². The molecule has 1 aliphatic carbocycles. The first kappa shape index (κ1) is 9.50. The molecule has 0 amide bonds. The Morgan fingerprint density at radius 3 is 2.93 bits per heavy atom. The van der Waals surface area contributed by atoms with Crippen molar-refractivity contribution in [1.29, 1.82) is 0 Å². The van der Waals surface area contributed by atoms with E-state index >= 15 is 0 Å². The summed E-state index contributed by atoms with van der Waals surface area (Å²) in [5.41, 5.74) is 1.27. The molecule has 0 spiro atoms. The molecule has 0 bridgehead atoms. The van der Waals surface area contributed by atoms with E-state index < -0.39 is 0 Å². The highest BCUT2D eigenvalue weighted by Crippen LogP contribution is 2.32. The fourth-order valence-electron chi connectivity index (χ4n) is 2.05. The minimum Gasteiger partial charge on any atom is -0.367 e. The topological polar surface area (TPSA) is 24.9 Å². The Kier molecular flexibility index (Phi) is 2.71. The van der Waals surface area contributed by atoms with Gasteiger partial charge in [-0.15, -0.1) is 0 Å². The van der Waals surface area contributed by atoms with Crippen molar-refractivity contribution in [3.63, 3.8) is 0 Å². The molecule has 1 aliphatic rings. The van der Waals surface area contributed by atoms with E-state index in [1.807, 2.05) is 12.3 Å². The second kappa shape index (κ2) is 3.99. The van der Waals surface area contributed by atoms with E-state index in [0.29, 0.717) is 6.04 Å². The number of pyridine rings is 1.